The first-order valence-electron chi connectivity index (χ1n) is 11.9. The van der Waals surface area contributed by atoms with Gasteiger partial charge in [0, 0.05) is 53.0 Å². The first-order chi connectivity index (χ1) is 17.3. The molecule has 1 heterocycles. The van der Waals surface area contributed by atoms with Crippen molar-refractivity contribution in [2.75, 3.05) is 44.3 Å². The second-order valence-corrected chi connectivity index (χ2v) is 9.81. The van der Waals surface area contributed by atoms with E-state index in [9.17, 15) is 23.2 Å². The van der Waals surface area contributed by atoms with Crippen molar-refractivity contribution >= 4 is 26.8 Å². The van der Waals surface area contributed by atoms with Gasteiger partial charge in [0.25, 0.3) is 10.1 Å². The molecule has 36 heavy (non-hydrogen) atoms. The minimum atomic E-state index is -4.49. The molecule has 0 fully saturated rings. The molecule has 9 heteroatoms. The SMILES string of the molecule is CCN(CC)c1ccc2c(-c3ccccc3S(=O)(=O)O)c3ccc(=[N+](CCO)CCO)cc-3oc2c1. The molecular formula is C27H31N2O6S+. The van der Waals surface area contributed by atoms with Crippen molar-refractivity contribution in [3.8, 4) is 22.5 Å². The van der Waals surface area contributed by atoms with Gasteiger partial charge in [0.05, 0.1) is 6.07 Å². The smallest absolute Gasteiger partial charge is 0.295 e. The second kappa shape index (κ2) is 10.8. The molecule has 0 amide bonds. The van der Waals surface area contributed by atoms with Crippen LogP contribution in [0.3, 0.4) is 0 Å². The van der Waals surface area contributed by atoms with E-state index in [1.54, 1.807) is 18.2 Å². The topological polar surface area (TPSA) is 114 Å². The lowest BCUT2D eigenvalue weighted by atomic mass is 9.93. The highest BCUT2D eigenvalue weighted by Crippen LogP contribution is 2.42. The maximum Gasteiger partial charge on any atom is 0.295 e. The van der Waals surface area contributed by atoms with E-state index in [2.05, 4.69) is 18.7 Å². The Morgan fingerprint density at radius 2 is 1.58 bits per heavy atom. The predicted octanol–water partition coefficient (Wildman–Crippen LogP) is 3.05. The maximum absolute atomic E-state index is 12.3. The number of fused-ring (bicyclic) bond motifs is 2. The third kappa shape index (κ3) is 5.01. The van der Waals surface area contributed by atoms with Crippen LogP contribution in [-0.2, 0) is 10.1 Å². The Bertz CT molecular complexity index is 1520. The van der Waals surface area contributed by atoms with Crippen LogP contribution < -0.4 is 14.8 Å². The van der Waals surface area contributed by atoms with Crippen LogP contribution in [0.4, 0.5) is 5.69 Å². The van der Waals surface area contributed by atoms with Crippen molar-refractivity contribution in [3.05, 3.63) is 66.0 Å². The maximum atomic E-state index is 12.3. The molecule has 1 aliphatic carbocycles. The number of nitrogens with zero attached hydrogens (tertiary/aromatic N) is 2. The zero-order chi connectivity index (χ0) is 25.9. The van der Waals surface area contributed by atoms with E-state index in [-0.39, 0.29) is 18.1 Å². The Hall–Kier alpha value is -3.24. The Morgan fingerprint density at radius 3 is 2.22 bits per heavy atom. The zero-order valence-corrected chi connectivity index (χ0v) is 21.2. The Morgan fingerprint density at radius 1 is 0.889 bits per heavy atom. The van der Waals surface area contributed by atoms with Crippen LogP contribution in [0.15, 0.2) is 70.0 Å². The summed E-state index contributed by atoms with van der Waals surface area (Å²) >= 11 is 0. The summed E-state index contributed by atoms with van der Waals surface area (Å²) in [5.41, 5.74) is 3.22. The van der Waals surface area contributed by atoms with Gasteiger partial charge in [0.1, 0.15) is 29.5 Å². The van der Waals surface area contributed by atoms with Crippen LogP contribution in [0, 0.1) is 0 Å². The van der Waals surface area contributed by atoms with Gasteiger partial charge in [-0.05, 0) is 38.1 Å². The summed E-state index contributed by atoms with van der Waals surface area (Å²) in [6.07, 6.45) is 0. The Labute approximate surface area is 210 Å². The van der Waals surface area contributed by atoms with Crippen LogP contribution in [0.2, 0.25) is 0 Å². The molecule has 2 aromatic carbocycles. The quantitative estimate of drug-likeness (QED) is 0.180. The van der Waals surface area contributed by atoms with Gasteiger partial charge < -0.3 is 19.5 Å². The monoisotopic (exact) mass is 511 g/mol. The molecule has 0 radical (unpaired) electrons. The van der Waals surface area contributed by atoms with E-state index in [0.717, 1.165) is 24.1 Å². The van der Waals surface area contributed by atoms with Gasteiger partial charge in [-0.3, -0.25) is 4.55 Å². The fourth-order valence-electron chi connectivity index (χ4n) is 4.65. The van der Waals surface area contributed by atoms with Crippen molar-refractivity contribution in [3.63, 3.8) is 0 Å². The molecule has 2 aromatic rings. The van der Waals surface area contributed by atoms with Gasteiger partial charge in [-0.1, -0.05) is 18.2 Å². The van der Waals surface area contributed by atoms with Crippen molar-refractivity contribution < 1.29 is 27.6 Å². The minimum absolute atomic E-state index is 0.0763. The lowest BCUT2D eigenvalue weighted by Crippen LogP contribution is -2.34. The summed E-state index contributed by atoms with van der Waals surface area (Å²) in [6.45, 7) is 6.30. The van der Waals surface area contributed by atoms with E-state index < -0.39 is 10.1 Å². The normalized spacial score (nSPS) is 11.8. The summed E-state index contributed by atoms with van der Waals surface area (Å²) < 4.78 is 42.8. The van der Waals surface area contributed by atoms with Crippen molar-refractivity contribution in [1.82, 2.24) is 4.58 Å². The van der Waals surface area contributed by atoms with Gasteiger partial charge in [0.2, 0.25) is 5.36 Å². The molecule has 190 valence electrons. The number of aliphatic hydroxyl groups excluding tert-OH is 2. The van der Waals surface area contributed by atoms with E-state index in [4.69, 9.17) is 4.42 Å². The number of hydrogen-bond acceptors (Lipinski definition) is 6. The summed E-state index contributed by atoms with van der Waals surface area (Å²) in [5.74, 6) is 0.512. The average Bonchev–Trinajstić information content (AvgIpc) is 2.87. The molecule has 0 atom stereocenters. The summed E-state index contributed by atoms with van der Waals surface area (Å²) in [6, 6.07) is 17.7. The molecule has 0 unspecified atom stereocenters. The third-order valence-electron chi connectivity index (χ3n) is 6.36. The van der Waals surface area contributed by atoms with E-state index >= 15 is 0 Å². The third-order valence-corrected chi connectivity index (χ3v) is 7.27. The number of benzene rings is 3. The van der Waals surface area contributed by atoms with Crippen LogP contribution in [0.25, 0.3) is 33.4 Å². The van der Waals surface area contributed by atoms with Crippen LogP contribution in [0.1, 0.15) is 13.8 Å². The fraction of sp³-hybridized carbons (Fsp3) is 0.296. The van der Waals surface area contributed by atoms with Crippen molar-refractivity contribution in [1.29, 1.82) is 0 Å². The molecule has 0 aromatic heterocycles. The summed E-state index contributed by atoms with van der Waals surface area (Å²) in [7, 11) is -4.49. The van der Waals surface area contributed by atoms with Crippen LogP contribution >= 0.6 is 0 Å². The standard InChI is InChI=1S/C27H30N2O6S/c1-3-28(4-2)19-9-11-21-24(17-19)35-25-18-20(29(13-15-30)14-16-31)10-12-22(25)27(21)23-7-5-6-8-26(23)36(32,33)34/h5-12,17-18,30-31H,3-4,13-16H2,1-2H3/p+1. The number of rotatable bonds is 9. The Balaban J connectivity index is 2.13. The van der Waals surface area contributed by atoms with Gasteiger partial charge in [0.15, 0.2) is 13.1 Å². The highest BCUT2D eigenvalue weighted by atomic mass is 32.2. The zero-order valence-electron chi connectivity index (χ0n) is 20.4. The molecule has 2 aliphatic rings. The first kappa shape index (κ1) is 25.8. The molecule has 3 N–H and O–H groups in total. The second-order valence-electron chi connectivity index (χ2n) is 8.42. The van der Waals surface area contributed by atoms with Crippen molar-refractivity contribution in [2.45, 2.75) is 18.7 Å². The van der Waals surface area contributed by atoms with Gasteiger partial charge in [-0.15, -0.1) is 0 Å². The average molecular weight is 512 g/mol. The molecule has 0 saturated carbocycles. The lowest BCUT2D eigenvalue weighted by molar-refractivity contribution is 0.250. The highest BCUT2D eigenvalue weighted by Gasteiger charge is 2.24. The highest BCUT2D eigenvalue weighted by molar-refractivity contribution is 7.86. The van der Waals surface area contributed by atoms with Crippen LogP contribution in [0.5, 0.6) is 0 Å². The largest absolute Gasteiger partial charge is 0.456 e. The van der Waals surface area contributed by atoms with Gasteiger partial charge in [-0.2, -0.15) is 8.42 Å². The molecule has 0 spiro atoms. The van der Waals surface area contributed by atoms with Crippen molar-refractivity contribution in [2.24, 2.45) is 0 Å². The summed E-state index contributed by atoms with van der Waals surface area (Å²) in [5, 5.41) is 20.4. The van der Waals surface area contributed by atoms with Gasteiger partial charge in [-0.25, -0.2) is 4.58 Å². The molecule has 1 aliphatic heterocycles. The van der Waals surface area contributed by atoms with E-state index in [0.29, 0.717) is 46.5 Å². The van der Waals surface area contributed by atoms with Gasteiger partial charge >= 0.3 is 0 Å². The molecule has 4 rings (SSSR count). The molecule has 0 bridgehead atoms. The summed E-state index contributed by atoms with van der Waals surface area (Å²) in [4.78, 5) is 2.00. The fourth-order valence-corrected chi connectivity index (χ4v) is 5.35. The Kier molecular flexibility index (Phi) is 7.75. The molecule has 0 saturated heterocycles. The number of aliphatic hydroxyl groups is 2. The lowest BCUT2D eigenvalue weighted by Gasteiger charge is -2.22. The van der Waals surface area contributed by atoms with E-state index in [1.807, 2.05) is 41.0 Å². The number of anilines is 1. The first-order valence-corrected chi connectivity index (χ1v) is 13.4. The van der Waals surface area contributed by atoms with Crippen LogP contribution in [-0.4, -0.2) is 62.6 Å². The minimum Gasteiger partial charge on any atom is -0.456 e. The molecular weight excluding hydrogens is 480 g/mol. The van der Waals surface area contributed by atoms with E-state index in [1.165, 1.54) is 6.07 Å². The predicted molar refractivity (Wildman–Crippen MR) is 141 cm³/mol. The number of hydrogen-bond donors (Lipinski definition) is 3. The molecule has 8 nitrogen and oxygen atoms in total.